The number of unbranched alkanes of at least 4 members (excludes halogenated alkanes) is 25. The minimum absolute atomic E-state index is 0.0439. The molecule has 3 N–H and O–H groups in total. The minimum atomic E-state index is -0.803. The molecule has 0 aliphatic rings. The van der Waals surface area contributed by atoms with E-state index in [2.05, 4.69) is 44.3 Å². The van der Waals surface area contributed by atoms with Gasteiger partial charge in [-0.25, -0.2) is 0 Å². The minimum Gasteiger partial charge on any atom is -0.462 e. The summed E-state index contributed by atoms with van der Waals surface area (Å²) in [5.74, 6) is -0.566. The fraction of sp³-hybridized carbons (Fsp3) is 0.745. The van der Waals surface area contributed by atoms with Crippen molar-refractivity contribution in [1.29, 1.82) is 0 Å². The second kappa shape index (κ2) is 48.3. The summed E-state index contributed by atoms with van der Waals surface area (Å²) in [6.45, 7) is 6.32. The fourth-order valence-electron chi connectivity index (χ4n) is 7.51. The van der Waals surface area contributed by atoms with Gasteiger partial charge in [0.15, 0.2) is 0 Å². The van der Waals surface area contributed by atoms with Crippen LogP contribution >= 0.6 is 0 Å². The van der Waals surface area contributed by atoms with Gasteiger partial charge in [0.05, 0.1) is 25.2 Å². The zero-order chi connectivity index (χ0) is 44.5. The lowest BCUT2D eigenvalue weighted by Crippen LogP contribution is -2.46. The van der Waals surface area contributed by atoms with Gasteiger partial charge in [0.25, 0.3) is 0 Å². The van der Waals surface area contributed by atoms with Crippen LogP contribution in [0.3, 0.4) is 0 Å². The smallest absolute Gasteiger partial charge is 0.306 e. The van der Waals surface area contributed by atoms with E-state index in [-0.39, 0.29) is 24.9 Å². The van der Waals surface area contributed by atoms with Gasteiger partial charge < -0.3 is 20.3 Å². The highest BCUT2D eigenvalue weighted by molar-refractivity contribution is 5.77. The van der Waals surface area contributed by atoms with Crippen LogP contribution < -0.4 is 5.32 Å². The van der Waals surface area contributed by atoms with Gasteiger partial charge in [-0.2, -0.15) is 0 Å². The Morgan fingerprint density at radius 3 is 1.38 bits per heavy atom. The molecule has 0 aromatic rings. The van der Waals surface area contributed by atoms with Gasteiger partial charge in [-0.1, -0.05) is 235 Å². The molecule has 0 saturated heterocycles. The van der Waals surface area contributed by atoms with Crippen molar-refractivity contribution in [1.82, 2.24) is 5.32 Å². The number of ether oxygens (including phenoxy) is 1. The summed E-state index contributed by atoms with van der Waals surface area (Å²) in [4.78, 5) is 26.1. The van der Waals surface area contributed by atoms with Crippen LogP contribution in [0.15, 0.2) is 72.9 Å². The van der Waals surface area contributed by atoms with E-state index in [1.54, 1.807) is 0 Å². The van der Waals surface area contributed by atoms with Crippen molar-refractivity contribution in [2.75, 3.05) is 6.61 Å². The third-order valence-corrected chi connectivity index (χ3v) is 11.4. The molecule has 6 heteroatoms. The normalized spacial score (nSPS) is 13.9. The Kier molecular flexibility index (Phi) is 46.2. The third kappa shape index (κ3) is 43.7. The highest BCUT2D eigenvalue weighted by atomic mass is 16.5. The summed E-state index contributed by atoms with van der Waals surface area (Å²) in [5, 5.41) is 23.7. The number of carbonyl (C=O) groups excluding carboxylic acids is 2. The molecule has 3 atom stereocenters. The van der Waals surface area contributed by atoms with Gasteiger partial charge in [-0.3, -0.25) is 9.59 Å². The van der Waals surface area contributed by atoms with E-state index >= 15 is 0 Å². The first-order valence-electron chi connectivity index (χ1n) is 25.7. The Morgan fingerprint density at radius 2 is 0.902 bits per heavy atom. The van der Waals surface area contributed by atoms with E-state index in [4.69, 9.17) is 4.74 Å². The second-order valence-corrected chi connectivity index (χ2v) is 17.3. The standard InChI is InChI=1S/C55H97NO5/c1-4-7-10-13-16-19-22-25-26-27-28-30-31-34-37-40-43-46-51(61-55(60)48-45-42-39-36-33-29-23-20-17-14-11-8-5-2)49-54(59)56-52(50-57)53(58)47-44-41-38-35-32-24-21-18-15-12-9-6-3/h8,11,14,17,20,23,25-26,29,33,36,39,51-53,57-58H,4-7,9-10,12-13,15-16,18-19,21-22,24,27-28,30-32,34-35,37-38,40-50H2,1-3H3,(H,56,59)/b11-8+,17-14+,23-20-,26-25+,33-29-,39-36+. The molecule has 0 heterocycles. The first kappa shape index (κ1) is 58.3. The van der Waals surface area contributed by atoms with E-state index in [0.717, 1.165) is 51.4 Å². The van der Waals surface area contributed by atoms with Gasteiger partial charge in [0, 0.05) is 6.42 Å². The number of esters is 1. The lowest BCUT2D eigenvalue weighted by molar-refractivity contribution is -0.151. The summed E-state index contributed by atoms with van der Waals surface area (Å²) in [7, 11) is 0. The van der Waals surface area contributed by atoms with Crippen molar-refractivity contribution in [3.63, 3.8) is 0 Å². The average molecular weight is 852 g/mol. The number of aliphatic hydroxyl groups is 2. The summed E-state index contributed by atoms with van der Waals surface area (Å²) >= 11 is 0. The topological polar surface area (TPSA) is 95.9 Å². The maximum Gasteiger partial charge on any atom is 0.306 e. The molecule has 0 rings (SSSR count). The van der Waals surface area contributed by atoms with Crippen molar-refractivity contribution < 1.29 is 24.5 Å². The fourth-order valence-corrected chi connectivity index (χ4v) is 7.51. The van der Waals surface area contributed by atoms with Gasteiger partial charge in [-0.15, -0.1) is 0 Å². The molecule has 0 spiro atoms. The predicted octanol–water partition coefficient (Wildman–Crippen LogP) is 15.4. The molecule has 352 valence electrons. The number of nitrogens with one attached hydrogen (secondary N) is 1. The van der Waals surface area contributed by atoms with Crippen LogP contribution in [0.1, 0.15) is 239 Å². The Labute approximate surface area is 377 Å². The van der Waals surface area contributed by atoms with Gasteiger partial charge in [-0.05, 0) is 64.2 Å². The summed E-state index contributed by atoms with van der Waals surface area (Å²) in [5.41, 5.74) is 0. The Hall–Kier alpha value is -2.70. The quantitative estimate of drug-likeness (QED) is 0.0245. The monoisotopic (exact) mass is 852 g/mol. The summed E-state index contributed by atoms with van der Waals surface area (Å²) < 4.78 is 5.89. The number of rotatable bonds is 45. The number of hydrogen-bond acceptors (Lipinski definition) is 5. The van der Waals surface area contributed by atoms with Crippen molar-refractivity contribution in [2.45, 2.75) is 257 Å². The van der Waals surface area contributed by atoms with Gasteiger partial charge >= 0.3 is 5.97 Å². The first-order chi connectivity index (χ1) is 30.0. The molecule has 61 heavy (non-hydrogen) atoms. The van der Waals surface area contributed by atoms with Gasteiger partial charge in [0.1, 0.15) is 6.10 Å². The molecule has 0 saturated carbocycles. The number of aliphatic hydroxyl groups excluding tert-OH is 2. The van der Waals surface area contributed by atoms with Crippen molar-refractivity contribution >= 4 is 11.9 Å². The van der Waals surface area contributed by atoms with Crippen molar-refractivity contribution in [3.05, 3.63) is 72.9 Å². The van der Waals surface area contributed by atoms with E-state index in [1.807, 2.05) is 54.7 Å². The number of hydrogen-bond donors (Lipinski definition) is 3. The van der Waals surface area contributed by atoms with Crippen LogP contribution in [0.5, 0.6) is 0 Å². The van der Waals surface area contributed by atoms with Crippen LogP contribution in [-0.2, 0) is 14.3 Å². The highest BCUT2D eigenvalue weighted by Crippen LogP contribution is 2.17. The number of carbonyl (C=O) groups is 2. The Bertz CT molecular complexity index is 1140. The van der Waals surface area contributed by atoms with E-state index < -0.39 is 18.2 Å². The molecule has 3 unspecified atom stereocenters. The van der Waals surface area contributed by atoms with Crippen LogP contribution in [0, 0.1) is 0 Å². The highest BCUT2D eigenvalue weighted by Gasteiger charge is 2.24. The van der Waals surface area contributed by atoms with E-state index in [9.17, 15) is 19.8 Å². The maximum absolute atomic E-state index is 13.2. The predicted molar refractivity (Wildman–Crippen MR) is 264 cm³/mol. The van der Waals surface area contributed by atoms with Crippen LogP contribution in [0.2, 0.25) is 0 Å². The molecule has 0 aromatic carbocycles. The van der Waals surface area contributed by atoms with E-state index in [0.29, 0.717) is 25.7 Å². The van der Waals surface area contributed by atoms with Crippen molar-refractivity contribution in [3.8, 4) is 0 Å². The van der Waals surface area contributed by atoms with Crippen LogP contribution in [0.4, 0.5) is 0 Å². The third-order valence-electron chi connectivity index (χ3n) is 11.4. The second-order valence-electron chi connectivity index (χ2n) is 17.3. The summed E-state index contributed by atoms with van der Waals surface area (Å²) in [6.07, 6.45) is 61.1. The first-order valence-corrected chi connectivity index (χ1v) is 25.7. The average Bonchev–Trinajstić information content (AvgIpc) is 3.25. The molecule has 0 aliphatic heterocycles. The lowest BCUT2D eigenvalue weighted by Gasteiger charge is -2.24. The molecule has 0 bridgehead atoms. The number of amides is 1. The molecule has 1 amide bonds. The van der Waals surface area contributed by atoms with Crippen LogP contribution in [0.25, 0.3) is 0 Å². The SMILES string of the molecule is CC/C=C/C=C/C=C\C=C/C=C/CCCC(=O)OC(CCCCCCCCC/C=C/CCCCCCCC)CC(=O)NC(CO)C(O)CCCCCCCCCCCCCC. The molecule has 0 aliphatic carbocycles. The largest absolute Gasteiger partial charge is 0.462 e. The lowest BCUT2D eigenvalue weighted by atomic mass is 10.0. The molecule has 0 fully saturated rings. The molecule has 0 radical (unpaired) electrons. The Morgan fingerprint density at radius 1 is 0.492 bits per heavy atom. The van der Waals surface area contributed by atoms with Gasteiger partial charge in [0.2, 0.25) is 5.91 Å². The maximum atomic E-state index is 13.2. The molecule has 6 nitrogen and oxygen atoms in total. The molecular formula is C55H97NO5. The van der Waals surface area contributed by atoms with E-state index in [1.165, 1.54) is 135 Å². The number of allylic oxidation sites excluding steroid dienone is 12. The van der Waals surface area contributed by atoms with Crippen LogP contribution in [-0.4, -0.2) is 46.9 Å². The zero-order valence-electron chi connectivity index (χ0n) is 40.0. The molecule has 0 aromatic heterocycles. The molecular weight excluding hydrogens is 755 g/mol. The summed E-state index contributed by atoms with van der Waals surface area (Å²) in [6, 6.07) is -0.719. The Balaban J connectivity index is 4.69. The van der Waals surface area contributed by atoms with Crippen molar-refractivity contribution in [2.24, 2.45) is 0 Å². The zero-order valence-corrected chi connectivity index (χ0v) is 40.0.